The van der Waals surface area contributed by atoms with Crippen LogP contribution in [0.4, 0.5) is 17.5 Å². The van der Waals surface area contributed by atoms with Crippen molar-refractivity contribution >= 4 is 29.3 Å². The summed E-state index contributed by atoms with van der Waals surface area (Å²) in [6, 6.07) is 16.5. The van der Waals surface area contributed by atoms with Gasteiger partial charge in [-0.1, -0.05) is 30.4 Å². The number of benzene rings is 2. The fraction of sp³-hybridized carbons (Fsp3) is 0.300. The Labute approximate surface area is 226 Å². The van der Waals surface area contributed by atoms with Gasteiger partial charge in [-0.2, -0.15) is 10.2 Å². The van der Waals surface area contributed by atoms with Gasteiger partial charge < -0.3 is 21.3 Å². The largest absolute Gasteiger partial charge is 0.369 e. The smallest absolute Gasteiger partial charge is 0.253 e. The minimum absolute atomic E-state index is 0.0254. The Balaban J connectivity index is 1.32. The molecule has 2 fully saturated rings. The summed E-state index contributed by atoms with van der Waals surface area (Å²) in [6.07, 6.45) is 8.91. The molecule has 3 aliphatic rings. The fourth-order valence-electron chi connectivity index (χ4n) is 6.01. The van der Waals surface area contributed by atoms with Crippen LogP contribution in [0.1, 0.15) is 35.2 Å². The number of allylic oxidation sites excluding steroid dienone is 1. The van der Waals surface area contributed by atoms with E-state index in [0.717, 1.165) is 43.5 Å². The first-order valence-corrected chi connectivity index (χ1v) is 13.3. The Morgan fingerprint density at radius 1 is 1.05 bits per heavy atom. The molecule has 1 saturated heterocycles. The molecule has 2 amide bonds. The van der Waals surface area contributed by atoms with E-state index in [0.29, 0.717) is 28.6 Å². The molecule has 2 bridgehead atoms. The van der Waals surface area contributed by atoms with Crippen LogP contribution < -0.4 is 16.4 Å². The van der Waals surface area contributed by atoms with Gasteiger partial charge in [0, 0.05) is 42.1 Å². The third kappa shape index (κ3) is 4.81. The number of amides is 2. The maximum atomic E-state index is 12.9. The van der Waals surface area contributed by atoms with Crippen LogP contribution in [0.25, 0.3) is 11.1 Å². The Bertz CT molecular complexity index is 1490. The number of nitrogens with two attached hydrogens (primary N) is 1. The normalized spacial score (nSPS) is 23.0. The number of likely N-dealkylation sites (tertiary alicyclic amines) is 1. The van der Waals surface area contributed by atoms with Crippen LogP contribution in [-0.2, 0) is 4.79 Å². The minimum atomic E-state index is -0.325. The molecule has 2 aliphatic carbocycles. The summed E-state index contributed by atoms with van der Waals surface area (Å²) in [4.78, 5) is 36.5. The molecule has 4 N–H and O–H groups in total. The molecule has 39 heavy (non-hydrogen) atoms. The molecule has 9 nitrogen and oxygen atoms in total. The molecule has 2 heterocycles. The van der Waals surface area contributed by atoms with E-state index in [2.05, 4.69) is 33.8 Å². The summed E-state index contributed by atoms with van der Waals surface area (Å²) in [5.74, 6) is 0.607. The molecule has 4 atom stereocenters. The minimum Gasteiger partial charge on any atom is -0.369 e. The second kappa shape index (κ2) is 10.2. The zero-order valence-corrected chi connectivity index (χ0v) is 21.4. The number of nitrogens with one attached hydrogen (secondary N) is 2. The summed E-state index contributed by atoms with van der Waals surface area (Å²) in [5, 5.41) is 16.0. The van der Waals surface area contributed by atoms with E-state index in [4.69, 9.17) is 10.7 Å². The van der Waals surface area contributed by atoms with E-state index in [1.165, 1.54) is 0 Å². The predicted molar refractivity (Wildman–Crippen MR) is 148 cm³/mol. The Morgan fingerprint density at radius 3 is 2.56 bits per heavy atom. The highest BCUT2D eigenvalue weighted by atomic mass is 16.2. The van der Waals surface area contributed by atoms with Gasteiger partial charge in [0.2, 0.25) is 11.9 Å². The monoisotopic (exact) mass is 519 g/mol. The highest BCUT2D eigenvalue weighted by molar-refractivity contribution is 5.95. The summed E-state index contributed by atoms with van der Waals surface area (Å²) in [5.41, 5.74) is 9.28. The van der Waals surface area contributed by atoms with Crippen LogP contribution in [0.15, 0.2) is 66.9 Å². The van der Waals surface area contributed by atoms with Gasteiger partial charge in [0.15, 0.2) is 0 Å². The van der Waals surface area contributed by atoms with Crippen molar-refractivity contribution < 1.29 is 9.59 Å². The first kappa shape index (κ1) is 24.6. The van der Waals surface area contributed by atoms with Gasteiger partial charge in [0.05, 0.1) is 17.6 Å². The number of aromatic nitrogens is 2. The van der Waals surface area contributed by atoms with Gasteiger partial charge in [-0.3, -0.25) is 9.59 Å². The maximum absolute atomic E-state index is 12.9. The highest BCUT2D eigenvalue weighted by Gasteiger charge is 2.47. The average molecular weight is 520 g/mol. The molecule has 9 heteroatoms. The summed E-state index contributed by atoms with van der Waals surface area (Å²) < 4.78 is 0. The van der Waals surface area contributed by atoms with Gasteiger partial charge in [-0.05, 0) is 67.0 Å². The van der Waals surface area contributed by atoms with Crippen molar-refractivity contribution in [3.05, 3.63) is 78.0 Å². The molecule has 3 aromatic rings. The maximum Gasteiger partial charge on any atom is 0.253 e. The molecule has 1 aromatic heterocycles. The standard InChI is InChI=1S/C30H29N7O2/c31-16-18-6-8-19(9-7-18)24-17-33-30(34-23-5-3-4-22(15-23)29(39)37-12-1-2-13-37)36-28(24)35-26-21-11-10-20(14-21)25(26)27(32)38/h3-11,15,17,20-21,25-26H,1-2,12-14H2,(H2,32,38)(H2,33,34,35,36)/t20-,21+,25+,26-/m1/s1. The predicted octanol–water partition coefficient (Wildman–Crippen LogP) is 4.08. The number of hydrogen-bond acceptors (Lipinski definition) is 7. The Kier molecular flexibility index (Phi) is 6.45. The first-order valence-electron chi connectivity index (χ1n) is 13.3. The second-order valence-electron chi connectivity index (χ2n) is 10.4. The number of rotatable bonds is 7. The summed E-state index contributed by atoms with van der Waals surface area (Å²) in [6.45, 7) is 1.58. The number of nitrogens with zero attached hydrogens (tertiary/aromatic N) is 4. The lowest BCUT2D eigenvalue weighted by atomic mass is 9.88. The molecule has 0 spiro atoms. The van der Waals surface area contributed by atoms with Crippen molar-refractivity contribution in [1.82, 2.24) is 14.9 Å². The zero-order chi connectivity index (χ0) is 26.9. The summed E-state index contributed by atoms with van der Waals surface area (Å²) in [7, 11) is 0. The van der Waals surface area contributed by atoms with E-state index in [-0.39, 0.29) is 35.6 Å². The lowest BCUT2D eigenvalue weighted by Gasteiger charge is -2.28. The number of carbonyl (C=O) groups excluding carboxylic acids is 2. The highest BCUT2D eigenvalue weighted by Crippen LogP contribution is 2.45. The third-order valence-electron chi connectivity index (χ3n) is 7.96. The van der Waals surface area contributed by atoms with Crippen LogP contribution in [0.3, 0.4) is 0 Å². The van der Waals surface area contributed by atoms with Crippen molar-refractivity contribution in [3.63, 3.8) is 0 Å². The van der Waals surface area contributed by atoms with Crippen LogP contribution in [0.5, 0.6) is 0 Å². The van der Waals surface area contributed by atoms with Gasteiger partial charge >= 0.3 is 0 Å². The average Bonchev–Trinajstić information content (AvgIpc) is 3.72. The molecular weight excluding hydrogens is 490 g/mol. The number of primary amides is 1. The lowest BCUT2D eigenvalue weighted by molar-refractivity contribution is -0.122. The van der Waals surface area contributed by atoms with Crippen molar-refractivity contribution in [1.29, 1.82) is 5.26 Å². The van der Waals surface area contributed by atoms with E-state index >= 15 is 0 Å². The number of hydrogen-bond donors (Lipinski definition) is 3. The summed E-state index contributed by atoms with van der Waals surface area (Å²) >= 11 is 0. The molecule has 0 radical (unpaired) electrons. The van der Waals surface area contributed by atoms with Gasteiger partial charge in [0.25, 0.3) is 5.91 Å². The topological polar surface area (TPSA) is 137 Å². The zero-order valence-electron chi connectivity index (χ0n) is 21.4. The molecule has 1 aliphatic heterocycles. The molecule has 0 unspecified atom stereocenters. The lowest BCUT2D eigenvalue weighted by Crippen LogP contribution is -2.41. The SMILES string of the molecule is N#Cc1ccc(-c2cnc(Nc3cccc(C(=O)N4CCCC4)c3)nc2N[C@H]2[C@@H](C(N)=O)[C@@H]3C=C[C@H]2C3)cc1. The Morgan fingerprint density at radius 2 is 1.82 bits per heavy atom. The van der Waals surface area contributed by atoms with E-state index in [1.54, 1.807) is 18.3 Å². The van der Waals surface area contributed by atoms with Gasteiger partial charge in [-0.15, -0.1) is 0 Å². The van der Waals surface area contributed by atoms with Crippen molar-refractivity contribution in [3.8, 4) is 17.2 Å². The fourth-order valence-corrected chi connectivity index (χ4v) is 6.01. The quantitative estimate of drug-likeness (QED) is 0.400. The number of carbonyl (C=O) groups is 2. The van der Waals surface area contributed by atoms with Gasteiger partial charge in [-0.25, -0.2) is 4.98 Å². The molecule has 2 aromatic carbocycles. The first-order chi connectivity index (χ1) is 19.0. The van der Waals surface area contributed by atoms with Crippen LogP contribution >= 0.6 is 0 Å². The van der Waals surface area contributed by atoms with Crippen LogP contribution in [-0.4, -0.2) is 45.8 Å². The molecule has 6 rings (SSSR count). The molecular formula is C30H29N7O2. The Hall–Kier alpha value is -4.71. The molecule has 196 valence electrons. The van der Waals surface area contributed by atoms with Crippen LogP contribution in [0, 0.1) is 29.1 Å². The van der Waals surface area contributed by atoms with Crippen molar-refractivity contribution in [2.75, 3.05) is 23.7 Å². The molecule has 1 saturated carbocycles. The second-order valence-corrected chi connectivity index (χ2v) is 10.4. The van der Waals surface area contributed by atoms with E-state index in [9.17, 15) is 14.9 Å². The number of fused-ring (bicyclic) bond motifs is 2. The van der Waals surface area contributed by atoms with E-state index in [1.807, 2.05) is 41.3 Å². The van der Waals surface area contributed by atoms with Crippen molar-refractivity contribution in [2.45, 2.75) is 25.3 Å². The van der Waals surface area contributed by atoms with Gasteiger partial charge in [0.1, 0.15) is 5.82 Å². The number of nitriles is 1. The number of anilines is 3. The third-order valence-corrected chi connectivity index (χ3v) is 7.96. The van der Waals surface area contributed by atoms with E-state index < -0.39 is 0 Å². The van der Waals surface area contributed by atoms with Crippen molar-refractivity contribution in [2.24, 2.45) is 23.5 Å². The van der Waals surface area contributed by atoms with Crippen LogP contribution in [0.2, 0.25) is 0 Å².